The van der Waals surface area contributed by atoms with Crippen molar-refractivity contribution in [3.05, 3.63) is 59.8 Å². The third-order valence-electron chi connectivity index (χ3n) is 5.86. The SMILES string of the molecule is O=C(CCCc1nc2cccnc2n1Cc1ccc(F)cc1)NC1CCCCCC1. The lowest BCUT2D eigenvalue weighted by Gasteiger charge is -2.16. The Labute approximate surface area is 176 Å². The molecule has 1 aromatic carbocycles. The molecule has 5 nitrogen and oxygen atoms in total. The Morgan fingerprint density at radius 3 is 2.63 bits per heavy atom. The van der Waals surface area contributed by atoms with Crippen molar-refractivity contribution in [1.82, 2.24) is 19.9 Å². The van der Waals surface area contributed by atoms with Crippen LogP contribution in [0.25, 0.3) is 11.2 Å². The minimum Gasteiger partial charge on any atom is -0.353 e. The predicted octanol–water partition coefficient (Wildman–Crippen LogP) is 4.78. The van der Waals surface area contributed by atoms with Gasteiger partial charge in [0.05, 0.1) is 6.54 Å². The molecule has 1 fully saturated rings. The van der Waals surface area contributed by atoms with E-state index in [0.29, 0.717) is 25.4 Å². The van der Waals surface area contributed by atoms with Gasteiger partial charge in [-0.1, -0.05) is 37.8 Å². The first kappa shape index (κ1) is 20.5. The van der Waals surface area contributed by atoms with Crippen LogP contribution in [0.15, 0.2) is 42.6 Å². The Balaban J connectivity index is 1.40. The highest BCUT2D eigenvalue weighted by Gasteiger charge is 2.16. The van der Waals surface area contributed by atoms with Gasteiger partial charge in [-0.15, -0.1) is 0 Å². The molecule has 3 aromatic rings. The van der Waals surface area contributed by atoms with Crippen molar-refractivity contribution >= 4 is 17.1 Å². The highest BCUT2D eigenvalue weighted by molar-refractivity contribution is 5.76. The van der Waals surface area contributed by atoms with E-state index in [0.717, 1.165) is 41.8 Å². The molecule has 1 amide bonds. The molecule has 1 saturated carbocycles. The number of carbonyl (C=O) groups excluding carboxylic acids is 1. The number of benzene rings is 1. The Bertz CT molecular complexity index is 975. The molecule has 2 heterocycles. The molecule has 1 aliphatic rings. The second-order valence-corrected chi connectivity index (χ2v) is 8.20. The monoisotopic (exact) mass is 408 g/mol. The Morgan fingerprint density at radius 1 is 1.10 bits per heavy atom. The number of aryl methyl sites for hydroxylation is 1. The van der Waals surface area contributed by atoms with Crippen LogP contribution < -0.4 is 5.32 Å². The number of imidazole rings is 1. The van der Waals surface area contributed by atoms with Gasteiger partial charge < -0.3 is 9.88 Å². The minimum absolute atomic E-state index is 0.140. The van der Waals surface area contributed by atoms with Crippen molar-refractivity contribution < 1.29 is 9.18 Å². The van der Waals surface area contributed by atoms with Crippen molar-refractivity contribution in [3.8, 4) is 0 Å². The maximum atomic E-state index is 13.3. The van der Waals surface area contributed by atoms with E-state index in [1.54, 1.807) is 18.3 Å². The number of carbonyl (C=O) groups is 1. The van der Waals surface area contributed by atoms with Gasteiger partial charge in [-0.2, -0.15) is 0 Å². The molecule has 4 rings (SSSR count). The van der Waals surface area contributed by atoms with E-state index in [9.17, 15) is 9.18 Å². The van der Waals surface area contributed by atoms with E-state index in [-0.39, 0.29) is 11.7 Å². The van der Waals surface area contributed by atoms with Gasteiger partial charge in [0.25, 0.3) is 0 Å². The van der Waals surface area contributed by atoms with Crippen molar-refractivity contribution in [2.75, 3.05) is 0 Å². The lowest BCUT2D eigenvalue weighted by atomic mass is 10.1. The molecular formula is C24H29FN4O. The normalized spacial score (nSPS) is 15.2. The van der Waals surface area contributed by atoms with E-state index in [2.05, 4.69) is 14.9 Å². The number of fused-ring (bicyclic) bond motifs is 1. The second kappa shape index (κ2) is 9.83. The summed E-state index contributed by atoms with van der Waals surface area (Å²) in [6.45, 7) is 0.581. The number of aromatic nitrogens is 3. The van der Waals surface area contributed by atoms with E-state index in [4.69, 9.17) is 4.98 Å². The molecule has 1 aliphatic carbocycles. The molecule has 6 heteroatoms. The summed E-state index contributed by atoms with van der Waals surface area (Å²) in [6.07, 6.45) is 10.9. The van der Waals surface area contributed by atoms with Crippen molar-refractivity contribution in [2.45, 2.75) is 70.4 Å². The first-order valence-electron chi connectivity index (χ1n) is 11.0. The minimum atomic E-state index is -0.243. The molecule has 0 unspecified atom stereocenters. The summed E-state index contributed by atoms with van der Waals surface area (Å²) in [6, 6.07) is 10.7. The van der Waals surface area contributed by atoms with Crippen LogP contribution in [0.4, 0.5) is 4.39 Å². The number of hydrogen-bond acceptors (Lipinski definition) is 3. The van der Waals surface area contributed by atoms with Gasteiger partial charge >= 0.3 is 0 Å². The molecule has 158 valence electrons. The summed E-state index contributed by atoms with van der Waals surface area (Å²) in [5.74, 6) is 0.809. The lowest BCUT2D eigenvalue weighted by molar-refractivity contribution is -0.122. The Kier molecular flexibility index (Phi) is 6.72. The zero-order chi connectivity index (χ0) is 20.8. The van der Waals surface area contributed by atoms with Gasteiger partial charge in [0.15, 0.2) is 5.65 Å². The van der Waals surface area contributed by atoms with Gasteiger partial charge in [0.2, 0.25) is 5.91 Å². The van der Waals surface area contributed by atoms with Gasteiger partial charge in [-0.25, -0.2) is 14.4 Å². The topological polar surface area (TPSA) is 59.8 Å². The van der Waals surface area contributed by atoms with Crippen molar-refractivity contribution in [1.29, 1.82) is 0 Å². The Morgan fingerprint density at radius 2 is 1.87 bits per heavy atom. The summed E-state index contributed by atoms with van der Waals surface area (Å²) in [5.41, 5.74) is 2.66. The number of amides is 1. The number of nitrogens with zero attached hydrogens (tertiary/aromatic N) is 3. The fourth-order valence-electron chi connectivity index (χ4n) is 4.27. The molecule has 2 aromatic heterocycles. The van der Waals surface area contributed by atoms with Gasteiger partial charge in [-0.3, -0.25) is 4.79 Å². The number of halogens is 1. The lowest BCUT2D eigenvalue weighted by Crippen LogP contribution is -2.34. The Hall–Kier alpha value is -2.76. The van der Waals surface area contributed by atoms with E-state index in [1.807, 2.05) is 12.1 Å². The zero-order valence-corrected chi connectivity index (χ0v) is 17.3. The second-order valence-electron chi connectivity index (χ2n) is 8.20. The number of pyridine rings is 1. The zero-order valence-electron chi connectivity index (χ0n) is 17.3. The molecule has 0 aliphatic heterocycles. The molecule has 0 bridgehead atoms. The van der Waals surface area contributed by atoms with Crippen LogP contribution in [0.1, 0.15) is 62.8 Å². The van der Waals surface area contributed by atoms with Crippen molar-refractivity contribution in [3.63, 3.8) is 0 Å². The average Bonchev–Trinajstić information content (AvgIpc) is 2.90. The summed E-state index contributed by atoms with van der Waals surface area (Å²) in [7, 11) is 0. The highest BCUT2D eigenvalue weighted by Crippen LogP contribution is 2.19. The number of rotatable bonds is 7. The van der Waals surface area contributed by atoms with Crippen LogP contribution in [0, 0.1) is 5.82 Å². The molecule has 0 radical (unpaired) electrons. The van der Waals surface area contributed by atoms with Gasteiger partial charge in [0.1, 0.15) is 17.2 Å². The summed E-state index contributed by atoms with van der Waals surface area (Å²) in [4.78, 5) is 21.6. The van der Waals surface area contributed by atoms with Gasteiger partial charge in [0, 0.05) is 25.1 Å². The smallest absolute Gasteiger partial charge is 0.220 e. The molecule has 0 saturated heterocycles. The first-order chi connectivity index (χ1) is 14.7. The van der Waals surface area contributed by atoms with Gasteiger partial charge in [-0.05, 0) is 49.1 Å². The van der Waals surface area contributed by atoms with Crippen LogP contribution in [0.5, 0.6) is 0 Å². The summed E-state index contributed by atoms with van der Waals surface area (Å²) < 4.78 is 15.3. The maximum absolute atomic E-state index is 13.3. The van der Waals surface area contributed by atoms with Crippen LogP contribution >= 0.6 is 0 Å². The number of hydrogen-bond donors (Lipinski definition) is 1. The quantitative estimate of drug-likeness (QED) is 0.572. The van der Waals surface area contributed by atoms with Crippen molar-refractivity contribution in [2.24, 2.45) is 0 Å². The van der Waals surface area contributed by atoms with Crippen LogP contribution in [0.3, 0.4) is 0 Å². The standard InChI is InChI=1S/C24H29FN4O/c25-19-14-12-18(13-15-19)17-29-22(28-21-9-6-16-26-24(21)29)10-5-11-23(30)27-20-7-3-1-2-4-8-20/h6,9,12-16,20H,1-5,7-8,10-11,17H2,(H,27,30). The molecular weight excluding hydrogens is 379 g/mol. The fraction of sp³-hybridized carbons (Fsp3) is 0.458. The average molecular weight is 409 g/mol. The fourth-order valence-corrected chi connectivity index (χ4v) is 4.27. The third kappa shape index (κ3) is 5.23. The van der Waals surface area contributed by atoms with Crippen LogP contribution in [-0.4, -0.2) is 26.5 Å². The third-order valence-corrected chi connectivity index (χ3v) is 5.86. The first-order valence-corrected chi connectivity index (χ1v) is 11.0. The summed E-state index contributed by atoms with van der Waals surface area (Å²) >= 11 is 0. The van der Waals surface area contributed by atoms with Crippen LogP contribution in [-0.2, 0) is 17.8 Å². The van der Waals surface area contributed by atoms with E-state index < -0.39 is 0 Å². The van der Waals surface area contributed by atoms with E-state index in [1.165, 1.54) is 37.8 Å². The molecule has 0 atom stereocenters. The van der Waals surface area contributed by atoms with E-state index >= 15 is 0 Å². The summed E-state index contributed by atoms with van der Waals surface area (Å²) in [5, 5.41) is 3.22. The maximum Gasteiger partial charge on any atom is 0.220 e. The largest absolute Gasteiger partial charge is 0.353 e. The predicted molar refractivity (Wildman–Crippen MR) is 116 cm³/mol. The molecule has 30 heavy (non-hydrogen) atoms. The number of nitrogens with one attached hydrogen (secondary N) is 1. The highest BCUT2D eigenvalue weighted by atomic mass is 19.1. The molecule has 1 N–H and O–H groups in total. The molecule has 0 spiro atoms. The van der Waals surface area contributed by atoms with Crippen LogP contribution in [0.2, 0.25) is 0 Å².